The van der Waals surface area contributed by atoms with Crippen molar-refractivity contribution in [3.8, 4) is 0 Å². The summed E-state index contributed by atoms with van der Waals surface area (Å²) in [6.45, 7) is 1.67. The molecule has 0 aromatic carbocycles. The van der Waals surface area contributed by atoms with Crippen LogP contribution in [0.25, 0.3) is 0 Å². The Balaban J connectivity index is 1.58. The van der Waals surface area contributed by atoms with Gasteiger partial charge in [-0.25, -0.2) is 0 Å². The average Bonchev–Trinajstić information content (AvgIpc) is 3.00. The zero-order valence-corrected chi connectivity index (χ0v) is 10.9. The maximum atomic E-state index is 11.7. The first kappa shape index (κ1) is 12.0. The van der Waals surface area contributed by atoms with Crippen molar-refractivity contribution in [1.82, 2.24) is 4.57 Å². The van der Waals surface area contributed by atoms with Gasteiger partial charge in [-0.15, -0.1) is 0 Å². The summed E-state index contributed by atoms with van der Waals surface area (Å²) in [6, 6.07) is 1.98. The van der Waals surface area contributed by atoms with E-state index < -0.39 is 0 Å². The summed E-state index contributed by atoms with van der Waals surface area (Å²) in [6.07, 6.45) is 10.4. The van der Waals surface area contributed by atoms with Crippen molar-refractivity contribution < 1.29 is 9.53 Å². The molecule has 0 radical (unpaired) electrons. The monoisotopic (exact) mass is 247 g/mol. The summed E-state index contributed by atoms with van der Waals surface area (Å²) >= 11 is 0. The molecule has 1 aromatic rings. The molecule has 0 spiro atoms. The fourth-order valence-corrected chi connectivity index (χ4v) is 3.17. The smallest absolute Gasteiger partial charge is 0.164 e. The maximum absolute atomic E-state index is 11.7. The highest BCUT2D eigenvalue weighted by Gasteiger charge is 2.20. The van der Waals surface area contributed by atoms with Gasteiger partial charge in [-0.2, -0.15) is 0 Å². The number of rotatable bonds is 4. The van der Waals surface area contributed by atoms with Crippen molar-refractivity contribution in [2.75, 3.05) is 6.61 Å². The second-order valence-electron chi connectivity index (χ2n) is 5.42. The molecule has 0 unspecified atom stereocenters. The number of hydrogen-bond acceptors (Lipinski definition) is 2. The highest BCUT2D eigenvalue weighted by molar-refractivity contribution is 5.98. The number of nitrogens with zero attached hydrogens (tertiary/aromatic N) is 1. The lowest BCUT2D eigenvalue weighted by Crippen LogP contribution is -2.17. The second-order valence-corrected chi connectivity index (χ2v) is 5.42. The van der Waals surface area contributed by atoms with E-state index in [1.165, 1.54) is 31.4 Å². The van der Waals surface area contributed by atoms with Crippen LogP contribution >= 0.6 is 0 Å². The number of ether oxygens (including phenoxy) is 1. The first-order valence-corrected chi connectivity index (χ1v) is 7.17. The van der Waals surface area contributed by atoms with E-state index in [-0.39, 0.29) is 0 Å². The number of ketones is 1. The Morgan fingerprint density at radius 3 is 2.89 bits per heavy atom. The topological polar surface area (TPSA) is 31.2 Å². The molecule has 0 amide bonds. The van der Waals surface area contributed by atoms with Gasteiger partial charge in [0.15, 0.2) is 5.78 Å². The number of Topliss-reactive ketones (excluding diaryl/α,β-unsaturated/α-hetero) is 1. The van der Waals surface area contributed by atoms with Crippen molar-refractivity contribution in [2.45, 2.75) is 57.6 Å². The number of aromatic nitrogens is 1. The van der Waals surface area contributed by atoms with E-state index in [0.717, 1.165) is 38.0 Å². The van der Waals surface area contributed by atoms with Gasteiger partial charge in [0.2, 0.25) is 0 Å². The lowest BCUT2D eigenvalue weighted by atomic mass is 9.97. The molecule has 0 atom stereocenters. The minimum atomic E-state index is 0.312. The van der Waals surface area contributed by atoms with Crippen molar-refractivity contribution in [2.24, 2.45) is 0 Å². The van der Waals surface area contributed by atoms with E-state index in [2.05, 4.69) is 4.57 Å². The SMILES string of the molecule is O=C1CCCc2c1ccn2CCOC1CCCC1. The molecule has 2 aliphatic carbocycles. The van der Waals surface area contributed by atoms with Crippen LogP contribution in [0.3, 0.4) is 0 Å². The lowest BCUT2D eigenvalue weighted by Gasteiger charge is -2.16. The molecular weight excluding hydrogens is 226 g/mol. The van der Waals surface area contributed by atoms with Crippen LogP contribution in [0.2, 0.25) is 0 Å². The molecular formula is C15H21NO2. The zero-order chi connectivity index (χ0) is 12.4. The Labute approximate surface area is 108 Å². The largest absolute Gasteiger partial charge is 0.376 e. The normalized spacial score (nSPS) is 20.3. The van der Waals surface area contributed by atoms with Gasteiger partial charge >= 0.3 is 0 Å². The number of fused-ring (bicyclic) bond motifs is 1. The Morgan fingerprint density at radius 2 is 2.06 bits per heavy atom. The highest BCUT2D eigenvalue weighted by atomic mass is 16.5. The Hall–Kier alpha value is -1.09. The van der Waals surface area contributed by atoms with Crippen molar-refractivity contribution in [1.29, 1.82) is 0 Å². The van der Waals surface area contributed by atoms with Gasteiger partial charge in [-0.05, 0) is 31.7 Å². The molecule has 3 heteroatoms. The minimum Gasteiger partial charge on any atom is -0.376 e. The Kier molecular flexibility index (Phi) is 3.50. The van der Waals surface area contributed by atoms with Gasteiger partial charge < -0.3 is 9.30 Å². The van der Waals surface area contributed by atoms with E-state index in [0.29, 0.717) is 11.9 Å². The molecule has 0 N–H and O–H groups in total. The van der Waals surface area contributed by atoms with Crippen LogP contribution in [0, 0.1) is 0 Å². The Bertz CT molecular complexity index is 430. The molecule has 2 aliphatic rings. The summed E-state index contributed by atoms with van der Waals surface area (Å²) in [7, 11) is 0. The summed E-state index contributed by atoms with van der Waals surface area (Å²) in [5.74, 6) is 0.312. The maximum Gasteiger partial charge on any atom is 0.164 e. The van der Waals surface area contributed by atoms with E-state index in [9.17, 15) is 4.79 Å². The van der Waals surface area contributed by atoms with Crippen LogP contribution in [-0.2, 0) is 17.7 Å². The van der Waals surface area contributed by atoms with Gasteiger partial charge in [0.1, 0.15) is 0 Å². The predicted octanol–water partition coefficient (Wildman–Crippen LogP) is 2.97. The van der Waals surface area contributed by atoms with Gasteiger partial charge in [0.05, 0.1) is 12.7 Å². The first-order valence-electron chi connectivity index (χ1n) is 7.17. The molecule has 0 aliphatic heterocycles. The van der Waals surface area contributed by atoms with Gasteiger partial charge in [0.25, 0.3) is 0 Å². The minimum absolute atomic E-state index is 0.312. The highest BCUT2D eigenvalue weighted by Crippen LogP contribution is 2.23. The lowest BCUT2D eigenvalue weighted by molar-refractivity contribution is 0.0526. The summed E-state index contributed by atoms with van der Waals surface area (Å²) < 4.78 is 8.10. The molecule has 1 fully saturated rings. The molecule has 18 heavy (non-hydrogen) atoms. The van der Waals surface area contributed by atoms with Crippen LogP contribution in [0.1, 0.15) is 54.6 Å². The van der Waals surface area contributed by atoms with Crippen LogP contribution in [0.5, 0.6) is 0 Å². The number of carbonyl (C=O) groups excluding carboxylic acids is 1. The number of carbonyl (C=O) groups is 1. The average molecular weight is 247 g/mol. The first-order chi connectivity index (χ1) is 8.84. The second kappa shape index (κ2) is 5.27. The van der Waals surface area contributed by atoms with Crippen LogP contribution in [0.15, 0.2) is 12.3 Å². The summed E-state index contributed by atoms with van der Waals surface area (Å²) in [4.78, 5) is 11.7. The Morgan fingerprint density at radius 1 is 1.22 bits per heavy atom. The summed E-state index contributed by atoms with van der Waals surface area (Å²) in [5, 5.41) is 0. The third-order valence-corrected chi connectivity index (χ3v) is 4.18. The fraction of sp³-hybridized carbons (Fsp3) is 0.667. The zero-order valence-electron chi connectivity index (χ0n) is 10.9. The van der Waals surface area contributed by atoms with Gasteiger partial charge in [0, 0.05) is 30.4 Å². The molecule has 1 saturated carbocycles. The summed E-state index contributed by atoms with van der Waals surface area (Å²) in [5.41, 5.74) is 2.17. The van der Waals surface area contributed by atoms with E-state index in [1.54, 1.807) is 0 Å². The van der Waals surface area contributed by atoms with Crippen molar-refractivity contribution in [3.05, 3.63) is 23.5 Å². The third-order valence-electron chi connectivity index (χ3n) is 4.18. The van der Waals surface area contributed by atoms with Crippen molar-refractivity contribution >= 4 is 5.78 Å². The molecule has 1 aromatic heterocycles. The quantitative estimate of drug-likeness (QED) is 0.819. The standard InChI is InChI=1S/C15H21NO2/c17-15-7-3-6-14-13(15)8-9-16(14)10-11-18-12-4-1-2-5-12/h8-9,12H,1-7,10-11H2. The van der Waals surface area contributed by atoms with Crippen molar-refractivity contribution in [3.63, 3.8) is 0 Å². The fourth-order valence-electron chi connectivity index (χ4n) is 3.17. The van der Waals surface area contributed by atoms with E-state index >= 15 is 0 Å². The molecule has 98 valence electrons. The molecule has 0 saturated heterocycles. The molecule has 3 nitrogen and oxygen atoms in total. The predicted molar refractivity (Wildman–Crippen MR) is 69.9 cm³/mol. The van der Waals surface area contributed by atoms with Gasteiger partial charge in [-0.1, -0.05) is 12.8 Å². The van der Waals surface area contributed by atoms with Crippen LogP contribution in [-0.4, -0.2) is 23.1 Å². The molecule has 0 bridgehead atoms. The van der Waals surface area contributed by atoms with Gasteiger partial charge in [-0.3, -0.25) is 4.79 Å². The molecule has 3 rings (SSSR count). The van der Waals surface area contributed by atoms with E-state index in [4.69, 9.17) is 4.74 Å². The third kappa shape index (κ3) is 2.37. The molecule has 1 heterocycles. The van der Waals surface area contributed by atoms with E-state index in [1.807, 2.05) is 12.3 Å². The number of hydrogen-bond donors (Lipinski definition) is 0. The van der Waals surface area contributed by atoms with Crippen LogP contribution < -0.4 is 0 Å². The van der Waals surface area contributed by atoms with Crippen LogP contribution in [0.4, 0.5) is 0 Å².